The predicted octanol–water partition coefficient (Wildman–Crippen LogP) is 1.23. The summed E-state index contributed by atoms with van der Waals surface area (Å²) in [4.78, 5) is 18.4. The number of methoxy groups -OCH3 is 1. The molecule has 1 atom stereocenters. The molecule has 1 aromatic heterocycles. The number of nitrogens with zero attached hydrogens (tertiary/aromatic N) is 2. The second-order valence-electron chi connectivity index (χ2n) is 4.51. The molecular weight excluding hydrogens is 230 g/mol. The van der Waals surface area contributed by atoms with Gasteiger partial charge in [0.15, 0.2) is 0 Å². The minimum Gasteiger partial charge on any atom is -0.384 e. The Balaban J connectivity index is 2.08. The van der Waals surface area contributed by atoms with Gasteiger partial charge in [0.2, 0.25) is 0 Å². The molecular formula is C13H19N3O2. The van der Waals surface area contributed by atoms with Crippen LogP contribution < -0.4 is 5.32 Å². The molecule has 1 aliphatic heterocycles. The highest BCUT2D eigenvalue weighted by Gasteiger charge is 2.28. The zero-order valence-corrected chi connectivity index (χ0v) is 10.8. The Morgan fingerprint density at radius 3 is 3.22 bits per heavy atom. The van der Waals surface area contributed by atoms with E-state index in [1.807, 2.05) is 11.0 Å². The first-order valence-corrected chi connectivity index (χ1v) is 6.17. The van der Waals surface area contributed by atoms with E-state index in [1.165, 1.54) is 0 Å². The van der Waals surface area contributed by atoms with Crippen molar-refractivity contribution in [3.05, 3.63) is 23.9 Å². The highest BCUT2D eigenvalue weighted by molar-refractivity contribution is 5.98. The quantitative estimate of drug-likeness (QED) is 0.872. The summed E-state index contributed by atoms with van der Waals surface area (Å²) in [6, 6.07) is 3.60. The van der Waals surface area contributed by atoms with Gasteiger partial charge in [0.1, 0.15) is 5.82 Å². The first kappa shape index (κ1) is 12.8. The topological polar surface area (TPSA) is 54.5 Å². The van der Waals surface area contributed by atoms with E-state index in [0.717, 1.165) is 26.1 Å². The molecule has 1 aromatic rings. The Bertz CT molecular complexity index is 422. The normalized spacial score (nSPS) is 19.0. The Morgan fingerprint density at radius 1 is 1.67 bits per heavy atom. The Hall–Kier alpha value is -1.62. The number of hydrogen-bond donors (Lipinski definition) is 1. The lowest BCUT2D eigenvalue weighted by Gasteiger charge is -2.17. The predicted molar refractivity (Wildman–Crippen MR) is 69.7 cm³/mol. The summed E-state index contributed by atoms with van der Waals surface area (Å²) >= 11 is 0. The molecule has 18 heavy (non-hydrogen) atoms. The van der Waals surface area contributed by atoms with Gasteiger partial charge in [-0.2, -0.15) is 0 Å². The van der Waals surface area contributed by atoms with Crippen molar-refractivity contribution >= 4 is 11.7 Å². The third-order valence-corrected chi connectivity index (χ3v) is 3.25. The van der Waals surface area contributed by atoms with Gasteiger partial charge in [-0.05, 0) is 18.6 Å². The molecule has 1 unspecified atom stereocenters. The zero-order chi connectivity index (χ0) is 13.0. The lowest BCUT2D eigenvalue weighted by Crippen LogP contribution is -2.30. The lowest BCUT2D eigenvalue weighted by atomic mass is 10.1. The Labute approximate surface area is 107 Å². The van der Waals surface area contributed by atoms with Crippen LogP contribution in [0.4, 0.5) is 5.82 Å². The molecule has 5 nitrogen and oxygen atoms in total. The number of carbonyl (C=O) groups is 1. The van der Waals surface area contributed by atoms with Gasteiger partial charge in [0.25, 0.3) is 5.91 Å². The van der Waals surface area contributed by atoms with Crippen LogP contribution in [0.1, 0.15) is 16.8 Å². The van der Waals surface area contributed by atoms with Crippen LogP contribution in [0.3, 0.4) is 0 Å². The van der Waals surface area contributed by atoms with Crippen LogP contribution in [0.5, 0.6) is 0 Å². The number of rotatable bonds is 4. The van der Waals surface area contributed by atoms with Crippen LogP contribution in [0.2, 0.25) is 0 Å². The van der Waals surface area contributed by atoms with E-state index in [-0.39, 0.29) is 5.91 Å². The highest BCUT2D eigenvalue weighted by Crippen LogP contribution is 2.21. The molecule has 1 aliphatic rings. The molecule has 5 heteroatoms. The molecule has 1 amide bonds. The van der Waals surface area contributed by atoms with E-state index >= 15 is 0 Å². The summed E-state index contributed by atoms with van der Waals surface area (Å²) in [5.74, 6) is 1.14. The number of carbonyl (C=O) groups excluding carboxylic acids is 1. The average Bonchev–Trinajstić information content (AvgIpc) is 2.87. The summed E-state index contributed by atoms with van der Waals surface area (Å²) in [7, 11) is 3.47. The van der Waals surface area contributed by atoms with Crippen LogP contribution in [-0.2, 0) is 4.74 Å². The van der Waals surface area contributed by atoms with Crippen molar-refractivity contribution < 1.29 is 9.53 Å². The second-order valence-corrected chi connectivity index (χ2v) is 4.51. The first-order chi connectivity index (χ1) is 8.76. The highest BCUT2D eigenvalue weighted by atomic mass is 16.5. The SMILES string of the molecule is CNc1ncccc1C(=O)N1CCC(COC)C1. The molecule has 0 spiro atoms. The monoisotopic (exact) mass is 249 g/mol. The Kier molecular flexibility index (Phi) is 4.15. The molecule has 1 N–H and O–H groups in total. The van der Waals surface area contributed by atoms with E-state index in [4.69, 9.17) is 4.74 Å². The summed E-state index contributed by atoms with van der Waals surface area (Å²) in [6.45, 7) is 2.28. The van der Waals surface area contributed by atoms with Crippen LogP contribution in [0.15, 0.2) is 18.3 Å². The molecule has 2 rings (SSSR count). The molecule has 0 aliphatic carbocycles. The number of hydrogen-bond acceptors (Lipinski definition) is 4. The number of likely N-dealkylation sites (tertiary alicyclic amines) is 1. The number of aromatic nitrogens is 1. The van der Waals surface area contributed by atoms with Crippen molar-refractivity contribution in [2.45, 2.75) is 6.42 Å². The minimum atomic E-state index is 0.0473. The Morgan fingerprint density at radius 2 is 2.50 bits per heavy atom. The molecule has 0 radical (unpaired) electrons. The molecule has 2 heterocycles. The fourth-order valence-corrected chi connectivity index (χ4v) is 2.34. The van der Waals surface area contributed by atoms with Gasteiger partial charge >= 0.3 is 0 Å². The van der Waals surface area contributed by atoms with Crippen LogP contribution in [0, 0.1) is 5.92 Å². The number of ether oxygens (including phenoxy) is 1. The average molecular weight is 249 g/mol. The van der Waals surface area contributed by atoms with Crippen LogP contribution >= 0.6 is 0 Å². The van der Waals surface area contributed by atoms with E-state index in [1.54, 1.807) is 26.4 Å². The zero-order valence-electron chi connectivity index (χ0n) is 10.8. The van der Waals surface area contributed by atoms with Crippen LogP contribution in [-0.4, -0.2) is 49.6 Å². The molecule has 1 saturated heterocycles. The minimum absolute atomic E-state index is 0.0473. The number of pyridine rings is 1. The number of nitrogens with one attached hydrogen (secondary N) is 1. The maximum atomic E-state index is 12.4. The molecule has 0 bridgehead atoms. The van der Waals surface area contributed by atoms with Gasteiger partial charge in [-0.15, -0.1) is 0 Å². The standard InChI is InChI=1S/C13H19N3O2/c1-14-12-11(4-3-6-15-12)13(17)16-7-5-10(8-16)9-18-2/h3-4,6,10H,5,7-9H2,1-2H3,(H,14,15). The summed E-state index contributed by atoms with van der Waals surface area (Å²) in [5, 5.41) is 2.95. The lowest BCUT2D eigenvalue weighted by molar-refractivity contribution is 0.0776. The molecule has 0 saturated carbocycles. The fourth-order valence-electron chi connectivity index (χ4n) is 2.34. The van der Waals surface area contributed by atoms with Gasteiger partial charge in [-0.1, -0.05) is 0 Å². The van der Waals surface area contributed by atoms with Gasteiger partial charge in [0, 0.05) is 39.4 Å². The maximum Gasteiger partial charge on any atom is 0.257 e. The largest absolute Gasteiger partial charge is 0.384 e. The summed E-state index contributed by atoms with van der Waals surface area (Å²) in [5.41, 5.74) is 0.637. The third-order valence-electron chi connectivity index (χ3n) is 3.25. The van der Waals surface area contributed by atoms with Crippen molar-refractivity contribution in [2.24, 2.45) is 5.92 Å². The van der Waals surface area contributed by atoms with E-state index in [2.05, 4.69) is 10.3 Å². The van der Waals surface area contributed by atoms with Gasteiger partial charge in [0.05, 0.1) is 12.2 Å². The fraction of sp³-hybridized carbons (Fsp3) is 0.538. The van der Waals surface area contributed by atoms with Crippen molar-refractivity contribution in [1.82, 2.24) is 9.88 Å². The smallest absolute Gasteiger partial charge is 0.257 e. The summed E-state index contributed by atoms with van der Waals surface area (Å²) < 4.78 is 5.14. The van der Waals surface area contributed by atoms with Crippen molar-refractivity contribution in [2.75, 3.05) is 39.2 Å². The van der Waals surface area contributed by atoms with E-state index in [0.29, 0.717) is 17.3 Å². The van der Waals surface area contributed by atoms with Crippen LogP contribution in [0.25, 0.3) is 0 Å². The molecule has 98 valence electrons. The third kappa shape index (κ3) is 2.61. The van der Waals surface area contributed by atoms with Gasteiger partial charge in [-0.3, -0.25) is 4.79 Å². The maximum absolute atomic E-state index is 12.4. The number of anilines is 1. The molecule has 0 aromatic carbocycles. The first-order valence-electron chi connectivity index (χ1n) is 6.17. The van der Waals surface area contributed by atoms with E-state index < -0.39 is 0 Å². The second kappa shape index (κ2) is 5.82. The van der Waals surface area contributed by atoms with Crippen molar-refractivity contribution in [1.29, 1.82) is 0 Å². The van der Waals surface area contributed by atoms with Crippen molar-refractivity contribution in [3.63, 3.8) is 0 Å². The van der Waals surface area contributed by atoms with Crippen molar-refractivity contribution in [3.8, 4) is 0 Å². The van der Waals surface area contributed by atoms with Gasteiger partial charge in [-0.25, -0.2) is 4.98 Å². The molecule has 1 fully saturated rings. The van der Waals surface area contributed by atoms with E-state index in [9.17, 15) is 4.79 Å². The van der Waals surface area contributed by atoms with Gasteiger partial charge < -0.3 is 15.0 Å². The summed E-state index contributed by atoms with van der Waals surface area (Å²) in [6.07, 6.45) is 2.69. The number of amides is 1.